The van der Waals surface area contributed by atoms with Gasteiger partial charge < -0.3 is 14.2 Å². The Morgan fingerprint density at radius 1 is 1.25 bits per heavy atom. The summed E-state index contributed by atoms with van der Waals surface area (Å²) >= 11 is 0. The number of ketones is 1. The molecule has 0 amide bonds. The number of rotatable bonds is 3. The van der Waals surface area contributed by atoms with E-state index in [1.807, 2.05) is 20.8 Å². The lowest BCUT2D eigenvalue weighted by Gasteiger charge is -2.37. The fraction of sp³-hybridized carbons (Fsp3) is 0.583. The van der Waals surface area contributed by atoms with Crippen molar-refractivity contribution < 1.29 is 19.0 Å². The SMILES string of the molecule is COC1=CC(=O)C=CC1(OC)OC(C)(C)C. The van der Waals surface area contributed by atoms with Gasteiger partial charge in [-0.1, -0.05) is 0 Å². The highest BCUT2D eigenvalue weighted by molar-refractivity contribution is 6.01. The first-order valence-corrected chi connectivity index (χ1v) is 5.08. The van der Waals surface area contributed by atoms with Gasteiger partial charge in [0.15, 0.2) is 11.5 Å². The van der Waals surface area contributed by atoms with Crippen LogP contribution in [0.25, 0.3) is 0 Å². The van der Waals surface area contributed by atoms with E-state index < -0.39 is 11.4 Å². The van der Waals surface area contributed by atoms with Crippen LogP contribution in [0.3, 0.4) is 0 Å². The van der Waals surface area contributed by atoms with Crippen molar-refractivity contribution >= 4 is 5.78 Å². The number of hydrogen-bond donors (Lipinski definition) is 0. The van der Waals surface area contributed by atoms with Gasteiger partial charge in [0.1, 0.15) is 0 Å². The average Bonchev–Trinajstić information content (AvgIpc) is 2.19. The minimum Gasteiger partial charge on any atom is -0.495 e. The van der Waals surface area contributed by atoms with Gasteiger partial charge in [0, 0.05) is 13.2 Å². The van der Waals surface area contributed by atoms with E-state index in [1.165, 1.54) is 26.4 Å². The van der Waals surface area contributed by atoms with Gasteiger partial charge in [0.2, 0.25) is 5.79 Å². The van der Waals surface area contributed by atoms with Crippen molar-refractivity contribution in [1.29, 1.82) is 0 Å². The summed E-state index contributed by atoms with van der Waals surface area (Å²) in [5.74, 6) is -0.888. The van der Waals surface area contributed by atoms with Crippen LogP contribution < -0.4 is 0 Å². The van der Waals surface area contributed by atoms with Crippen LogP contribution in [0.5, 0.6) is 0 Å². The summed E-state index contributed by atoms with van der Waals surface area (Å²) in [5.41, 5.74) is -0.418. The molecule has 0 bridgehead atoms. The van der Waals surface area contributed by atoms with Crippen LogP contribution in [0.1, 0.15) is 20.8 Å². The van der Waals surface area contributed by atoms with E-state index in [-0.39, 0.29) is 5.78 Å². The number of carbonyl (C=O) groups excluding carboxylic acids is 1. The zero-order valence-electron chi connectivity index (χ0n) is 10.4. The Balaban J connectivity index is 3.07. The predicted octanol–water partition coefficient (Wildman–Crippen LogP) is 1.81. The lowest BCUT2D eigenvalue weighted by molar-refractivity contribution is -0.232. The molecule has 0 radical (unpaired) electrons. The Morgan fingerprint density at radius 3 is 2.31 bits per heavy atom. The number of ether oxygens (including phenoxy) is 3. The standard InChI is InChI=1S/C12H18O4/c1-11(2,3)16-12(15-5)7-6-9(13)8-10(12)14-4/h6-8H,1-5H3. The summed E-state index contributed by atoms with van der Waals surface area (Å²) in [6.45, 7) is 5.72. The topological polar surface area (TPSA) is 44.8 Å². The maximum Gasteiger partial charge on any atom is 0.248 e. The second-order valence-electron chi connectivity index (χ2n) is 4.53. The van der Waals surface area contributed by atoms with Crippen LogP contribution in [-0.4, -0.2) is 31.4 Å². The lowest BCUT2D eigenvalue weighted by atomic mass is 10.0. The van der Waals surface area contributed by atoms with Gasteiger partial charge >= 0.3 is 0 Å². The van der Waals surface area contributed by atoms with Gasteiger partial charge in [-0.05, 0) is 32.9 Å². The smallest absolute Gasteiger partial charge is 0.248 e. The molecule has 0 saturated carbocycles. The molecule has 4 nitrogen and oxygen atoms in total. The summed E-state index contributed by atoms with van der Waals surface area (Å²) in [6, 6.07) is 0. The van der Waals surface area contributed by atoms with Crippen molar-refractivity contribution in [1.82, 2.24) is 0 Å². The number of carbonyl (C=O) groups is 1. The third-order valence-corrected chi connectivity index (χ3v) is 2.06. The molecule has 1 aliphatic rings. The Morgan fingerprint density at radius 2 is 1.88 bits per heavy atom. The van der Waals surface area contributed by atoms with Crippen molar-refractivity contribution in [3.63, 3.8) is 0 Å². The number of allylic oxidation sites excluding steroid dienone is 2. The second kappa shape index (κ2) is 4.39. The van der Waals surface area contributed by atoms with E-state index in [9.17, 15) is 4.79 Å². The molecule has 90 valence electrons. The van der Waals surface area contributed by atoms with E-state index in [0.717, 1.165) is 0 Å². The van der Waals surface area contributed by atoms with Crippen LogP contribution in [0.2, 0.25) is 0 Å². The molecule has 0 spiro atoms. The van der Waals surface area contributed by atoms with E-state index in [4.69, 9.17) is 14.2 Å². The molecule has 0 saturated heterocycles. The molecule has 0 aliphatic heterocycles. The van der Waals surface area contributed by atoms with Crippen LogP contribution in [-0.2, 0) is 19.0 Å². The maximum atomic E-state index is 11.2. The summed E-state index contributed by atoms with van der Waals surface area (Å²) in [6.07, 6.45) is 4.35. The molecule has 1 unspecified atom stereocenters. The molecule has 0 aromatic carbocycles. The molecule has 1 aliphatic carbocycles. The molecular formula is C12H18O4. The van der Waals surface area contributed by atoms with Gasteiger partial charge in [-0.15, -0.1) is 0 Å². The fourth-order valence-corrected chi connectivity index (χ4v) is 1.50. The normalized spacial score (nSPS) is 25.6. The Kier molecular flexibility index (Phi) is 3.55. The molecule has 16 heavy (non-hydrogen) atoms. The first-order valence-electron chi connectivity index (χ1n) is 5.08. The maximum absolute atomic E-state index is 11.2. The van der Waals surface area contributed by atoms with Crippen molar-refractivity contribution in [3.05, 3.63) is 24.0 Å². The fourth-order valence-electron chi connectivity index (χ4n) is 1.50. The monoisotopic (exact) mass is 226 g/mol. The molecule has 1 rings (SSSR count). The van der Waals surface area contributed by atoms with Crippen molar-refractivity contribution in [3.8, 4) is 0 Å². The largest absolute Gasteiger partial charge is 0.495 e. The first-order chi connectivity index (χ1) is 7.33. The van der Waals surface area contributed by atoms with Crippen LogP contribution >= 0.6 is 0 Å². The molecule has 1 atom stereocenters. The third kappa shape index (κ3) is 2.71. The zero-order chi connectivity index (χ0) is 12.4. The molecule has 0 fully saturated rings. The quantitative estimate of drug-likeness (QED) is 0.688. The minimum absolute atomic E-state index is 0.137. The van der Waals surface area contributed by atoms with Crippen LogP contribution in [0.15, 0.2) is 24.0 Å². The summed E-state index contributed by atoms with van der Waals surface area (Å²) in [7, 11) is 3.00. The van der Waals surface area contributed by atoms with E-state index >= 15 is 0 Å². The Labute approximate surface area is 95.9 Å². The Bertz CT molecular complexity index is 335. The van der Waals surface area contributed by atoms with E-state index in [0.29, 0.717) is 5.76 Å². The molecule has 0 aromatic rings. The van der Waals surface area contributed by atoms with Gasteiger partial charge in [-0.3, -0.25) is 4.79 Å². The van der Waals surface area contributed by atoms with Crippen LogP contribution in [0, 0.1) is 0 Å². The zero-order valence-corrected chi connectivity index (χ0v) is 10.4. The van der Waals surface area contributed by atoms with Crippen molar-refractivity contribution in [2.24, 2.45) is 0 Å². The van der Waals surface area contributed by atoms with Gasteiger partial charge in [-0.25, -0.2) is 0 Å². The summed E-state index contributed by atoms with van der Waals surface area (Å²) < 4.78 is 16.3. The first kappa shape index (κ1) is 12.9. The number of hydrogen-bond acceptors (Lipinski definition) is 4. The molecule has 4 heteroatoms. The van der Waals surface area contributed by atoms with Gasteiger partial charge in [0.25, 0.3) is 0 Å². The molecular weight excluding hydrogens is 208 g/mol. The Hall–Kier alpha value is -1.13. The lowest BCUT2D eigenvalue weighted by Crippen LogP contribution is -2.43. The highest BCUT2D eigenvalue weighted by atomic mass is 16.7. The van der Waals surface area contributed by atoms with Crippen molar-refractivity contribution in [2.45, 2.75) is 32.2 Å². The highest BCUT2D eigenvalue weighted by Crippen LogP contribution is 2.32. The second-order valence-corrected chi connectivity index (χ2v) is 4.53. The summed E-state index contributed by atoms with van der Waals surface area (Å²) in [5, 5.41) is 0. The van der Waals surface area contributed by atoms with Gasteiger partial charge in [0.05, 0.1) is 12.7 Å². The van der Waals surface area contributed by atoms with Crippen LogP contribution in [0.4, 0.5) is 0 Å². The summed E-state index contributed by atoms with van der Waals surface area (Å²) in [4.78, 5) is 11.2. The third-order valence-electron chi connectivity index (χ3n) is 2.06. The van der Waals surface area contributed by atoms with E-state index in [1.54, 1.807) is 6.08 Å². The van der Waals surface area contributed by atoms with Gasteiger partial charge in [-0.2, -0.15) is 0 Å². The predicted molar refractivity (Wildman–Crippen MR) is 59.8 cm³/mol. The molecule has 0 aromatic heterocycles. The molecule has 0 heterocycles. The van der Waals surface area contributed by atoms with Crippen molar-refractivity contribution in [2.75, 3.05) is 14.2 Å². The highest BCUT2D eigenvalue weighted by Gasteiger charge is 2.40. The van der Waals surface area contributed by atoms with E-state index in [2.05, 4.69) is 0 Å². The average molecular weight is 226 g/mol. The molecule has 0 N–H and O–H groups in total. The minimum atomic E-state index is -1.11. The number of methoxy groups -OCH3 is 2.